The fourth-order valence-electron chi connectivity index (χ4n) is 4.61. The van der Waals surface area contributed by atoms with E-state index in [9.17, 15) is 0 Å². The lowest BCUT2D eigenvalue weighted by Crippen LogP contribution is -2.62. The van der Waals surface area contributed by atoms with Crippen molar-refractivity contribution in [1.29, 1.82) is 0 Å². The van der Waals surface area contributed by atoms with E-state index in [1.807, 2.05) is 0 Å². The summed E-state index contributed by atoms with van der Waals surface area (Å²) in [6, 6.07) is 12.5. The molecule has 1 spiro atoms. The Hall–Kier alpha value is -0.860. The molecule has 3 atom stereocenters. The Labute approximate surface area is 128 Å². The molecule has 2 nitrogen and oxygen atoms in total. The quantitative estimate of drug-likeness (QED) is 0.890. The van der Waals surface area contributed by atoms with Gasteiger partial charge in [-0.1, -0.05) is 56.5 Å². The molecule has 1 aliphatic heterocycles. The highest BCUT2D eigenvalue weighted by Crippen LogP contribution is 2.44. The number of hydrogen-bond acceptors (Lipinski definition) is 2. The van der Waals surface area contributed by atoms with Crippen LogP contribution in [0.2, 0.25) is 0 Å². The maximum Gasteiger partial charge on any atom is 0.0476 e. The first-order valence-electron chi connectivity index (χ1n) is 8.83. The van der Waals surface area contributed by atoms with Gasteiger partial charge in [0.05, 0.1) is 0 Å². The molecule has 1 aromatic carbocycles. The molecule has 3 unspecified atom stereocenters. The molecule has 0 bridgehead atoms. The molecule has 3 fully saturated rings. The topological polar surface area (TPSA) is 15.3 Å². The summed E-state index contributed by atoms with van der Waals surface area (Å²) >= 11 is 0. The third-order valence-corrected chi connectivity index (χ3v) is 6.04. The Bertz CT molecular complexity index is 478. The second-order valence-electron chi connectivity index (χ2n) is 7.60. The SMILES string of the molecule is CC1CC1N1CC2(CCCCC2)NCC1c1ccccc1. The Kier molecular flexibility index (Phi) is 3.55. The van der Waals surface area contributed by atoms with Crippen molar-refractivity contribution in [2.75, 3.05) is 13.1 Å². The molecule has 1 N–H and O–H groups in total. The zero-order valence-electron chi connectivity index (χ0n) is 13.2. The number of piperazine rings is 1. The number of hydrogen-bond donors (Lipinski definition) is 1. The molecule has 1 heterocycles. The van der Waals surface area contributed by atoms with Gasteiger partial charge >= 0.3 is 0 Å². The molecule has 1 saturated heterocycles. The molecule has 2 heteroatoms. The van der Waals surface area contributed by atoms with E-state index in [0.29, 0.717) is 11.6 Å². The molecule has 4 rings (SSSR count). The third kappa shape index (κ3) is 2.64. The number of nitrogens with zero attached hydrogens (tertiary/aromatic N) is 1. The second kappa shape index (κ2) is 5.40. The fraction of sp³-hybridized carbons (Fsp3) is 0.684. The maximum atomic E-state index is 3.97. The average Bonchev–Trinajstić information content (AvgIpc) is 3.26. The van der Waals surface area contributed by atoms with Crippen molar-refractivity contribution < 1.29 is 0 Å². The molecule has 21 heavy (non-hydrogen) atoms. The number of benzene rings is 1. The highest BCUT2D eigenvalue weighted by atomic mass is 15.3. The van der Waals surface area contributed by atoms with Crippen molar-refractivity contribution in [3.63, 3.8) is 0 Å². The van der Waals surface area contributed by atoms with Crippen LogP contribution in [0.3, 0.4) is 0 Å². The highest BCUT2D eigenvalue weighted by Gasteiger charge is 2.48. The Morgan fingerprint density at radius 1 is 1.10 bits per heavy atom. The van der Waals surface area contributed by atoms with E-state index in [1.54, 1.807) is 0 Å². The van der Waals surface area contributed by atoms with E-state index in [0.717, 1.165) is 18.5 Å². The molecule has 114 valence electrons. The predicted octanol–water partition coefficient (Wildman–Crippen LogP) is 3.74. The lowest BCUT2D eigenvalue weighted by Gasteiger charge is -2.50. The minimum Gasteiger partial charge on any atom is -0.308 e. The van der Waals surface area contributed by atoms with Gasteiger partial charge in [0.25, 0.3) is 0 Å². The van der Waals surface area contributed by atoms with Crippen LogP contribution in [0.4, 0.5) is 0 Å². The summed E-state index contributed by atoms with van der Waals surface area (Å²) in [5.74, 6) is 0.898. The third-order valence-electron chi connectivity index (χ3n) is 6.04. The zero-order chi connectivity index (χ0) is 14.3. The standard InChI is InChI=1S/C19H28N2/c1-15-12-17(15)21-14-19(10-6-3-7-11-19)20-13-18(21)16-8-4-2-5-9-16/h2,4-5,8-9,15,17-18,20H,3,6-7,10-14H2,1H3. The molecular formula is C19H28N2. The van der Waals surface area contributed by atoms with Gasteiger partial charge in [-0.25, -0.2) is 0 Å². The lowest BCUT2D eigenvalue weighted by atomic mass is 9.78. The normalized spacial score (nSPS) is 35.8. The summed E-state index contributed by atoms with van der Waals surface area (Å²) in [4.78, 5) is 2.85. The van der Waals surface area contributed by atoms with Gasteiger partial charge in [-0.2, -0.15) is 0 Å². The minimum absolute atomic E-state index is 0.422. The van der Waals surface area contributed by atoms with Crippen LogP contribution >= 0.6 is 0 Å². The van der Waals surface area contributed by atoms with Gasteiger partial charge in [-0.3, -0.25) is 4.90 Å². The van der Waals surface area contributed by atoms with E-state index >= 15 is 0 Å². The van der Waals surface area contributed by atoms with Gasteiger partial charge in [-0.05, 0) is 30.7 Å². The second-order valence-corrected chi connectivity index (χ2v) is 7.60. The van der Waals surface area contributed by atoms with Gasteiger partial charge in [-0.15, -0.1) is 0 Å². The van der Waals surface area contributed by atoms with Crippen LogP contribution in [-0.4, -0.2) is 29.6 Å². The number of nitrogens with one attached hydrogen (secondary N) is 1. The molecule has 0 aromatic heterocycles. The summed E-state index contributed by atoms with van der Waals surface area (Å²) in [6.45, 7) is 4.82. The van der Waals surface area contributed by atoms with Gasteiger partial charge in [0.2, 0.25) is 0 Å². The highest BCUT2D eigenvalue weighted by molar-refractivity contribution is 5.22. The predicted molar refractivity (Wildman–Crippen MR) is 87.3 cm³/mol. The van der Waals surface area contributed by atoms with Crippen LogP contribution in [0.1, 0.15) is 57.1 Å². The molecule has 1 aromatic rings. The van der Waals surface area contributed by atoms with Crippen LogP contribution in [0.25, 0.3) is 0 Å². The van der Waals surface area contributed by atoms with Gasteiger partial charge in [0.15, 0.2) is 0 Å². The minimum atomic E-state index is 0.422. The fourth-order valence-corrected chi connectivity index (χ4v) is 4.61. The van der Waals surface area contributed by atoms with E-state index < -0.39 is 0 Å². The van der Waals surface area contributed by atoms with Crippen LogP contribution in [-0.2, 0) is 0 Å². The van der Waals surface area contributed by atoms with Gasteiger partial charge in [0, 0.05) is 30.7 Å². The van der Waals surface area contributed by atoms with Crippen molar-refractivity contribution >= 4 is 0 Å². The molecular weight excluding hydrogens is 256 g/mol. The zero-order valence-corrected chi connectivity index (χ0v) is 13.2. The van der Waals surface area contributed by atoms with E-state index in [1.165, 1.54) is 50.6 Å². The largest absolute Gasteiger partial charge is 0.308 e. The Morgan fingerprint density at radius 3 is 2.48 bits per heavy atom. The first-order chi connectivity index (χ1) is 10.3. The van der Waals surface area contributed by atoms with E-state index in [-0.39, 0.29) is 0 Å². The summed E-state index contributed by atoms with van der Waals surface area (Å²) in [5.41, 5.74) is 1.92. The van der Waals surface area contributed by atoms with Gasteiger partial charge < -0.3 is 5.32 Å². The van der Waals surface area contributed by atoms with Crippen LogP contribution in [0, 0.1) is 5.92 Å². The van der Waals surface area contributed by atoms with Gasteiger partial charge in [0.1, 0.15) is 0 Å². The van der Waals surface area contributed by atoms with Crippen molar-refractivity contribution in [3.8, 4) is 0 Å². The van der Waals surface area contributed by atoms with Crippen LogP contribution < -0.4 is 5.32 Å². The Balaban J connectivity index is 1.58. The molecule has 2 saturated carbocycles. The van der Waals surface area contributed by atoms with Crippen molar-refractivity contribution in [2.24, 2.45) is 5.92 Å². The first kappa shape index (κ1) is 13.8. The molecule has 0 radical (unpaired) electrons. The summed E-state index contributed by atoms with van der Waals surface area (Å²) < 4.78 is 0. The summed E-state index contributed by atoms with van der Waals surface area (Å²) in [7, 11) is 0. The first-order valence-corrected chi connectivity index (χ1v) is 8.83. The van der Waals surface area contributed by atoms with E-state index in [2.05, 4.69) is 47.5 Å². The van der Waals surface area contributed by atoms with Crippen LogP contribution in [0.15, 0.2) is 30.3 Å². The molecule has 2 aliphatic carbocycles. The summed E-state index contributed by atoms with van der Waals surface area (Å²) in [5, 5.41) is 3.97. The maximum absolute atomic E-state index is 3.97. The summed E-state index contributed by atoms with van der Waals surface area (Å²) in [6.07, 6.45) is 8.43. The van der Waals surface area contributed by atoms with E-state index in [4.69, 9.17) is 0 Å². The van der Waals surface area contributed by atoms with Crippen molar-refractivity contribution in [2.45, 2.75) is 63.1 Å². The molecule has 0 amide bonds. The average molecular weight is 284 g/mol. The van der Waals surface area contributed by atoms with Crippen molar-refractivity contribution in [1.82, 2.24) is 10.2 Å². The number of rotatable bonds is 2. The van der Waals surface area contributed by atoms with Crippen LogP contribution in [0.5, 0.6) is 0 Å². The van der Waals surface area contributed by atoms with Crippen molar-refractivity contribution in [3.05, 3.63) is 35.9 Å². The lowest BCUT2D eigenvalue weighted by molar-refractivity contribution is 0.0460. The Morgan fingerprint density at radius 2 is 1.81 bits per heavy atom. The monoisotopic (exact) mass is 284 g/mol. The smallest absolute Gasteiger partial charge is 0.0476 e. The molecule has 3 aliphatic rings.